The van der Waals surface area contributed by atoms with Crippen molar-refractivity contribution in [1.29, 1.82) is 0 Å². The van der Waals surface area contributed by atoms with E-state index in [0.717, 1.165) is 32.1 Å². The van der Waals surface area contributed by atoms with E-state index in [1.54, 1.807) is 0 Å². The lowest BCUT2D eigenvalue weighted by atomic mass is 9.81. The monoisotopic (exact) mass is 264 g/mol. The molecule has 104 valence electrons. The Hall–Kier alpha value is -1.39. The largest absolute Gasteiger partial charge is 0.331 e. The Kier molecular flexibility index (Phi) is 2.87. The standard InChI is InChI=1S/C14H20N2O3/c1-9-4-5-10(8-9)16-12(18)14(6-2-3-7-14)11(17)15-13(16)19/h9-10H,2-8H2,1H3,(H,15,17,19). The maximum Gasteiger partial charge on any atom is 0.331 e. The van der Waals surface area contributed by atoms with Crippen LogP contribution < -0.4 is 5.32 Å². The zero-order valence-electron chi connectivity index (χ0n) is 11.3. The van der Waals surface area contributed by atoms with Crippen molar-refractivity contribution in [3.8, 4) is 0 Å². The molecule has 5 nitrogen and oxygen atoms in total. The van der Waals surface area contributed by atoms with Crippen molar-refractivity contribution in [3.05, 3.63) is 0 Å². The van der Waals surface area contributed by atoms with Crippen molar-refractivity contribution in [3.63, 3.8) is 0 Å². The van der Waals surface area contributed by atoms with Gasteiger partial charge in [-0.2, -0.15) is 0 Å². The molecule has 1 N–H and O–H groups in total. The molecule has 5 heteroatoms. The summed E-state index contributed by atoms with van der Waals surface area (Å²) < 4.78 is 0. The van der Waals surface area contributed by atoms with E-state index in [-0.39, 0.29) is 17.9 Å². The van der Waals surface area contributed by atoms with Gasteiger partial charge in [0.15, 0.2) is 0 Å². The maximum atomic E-state index is 12.7. The Morgan fingerprint density at radius 3 is 2.42 bits per heavy atom. The van der Waals surface area contributed by atoms with E-state index in [2.05, 4.69) is 12.2 Å². The molecule has 0 aromatic rings. The molecule has 2 saturated carbocycles. The second-order valence-electron chi connectivity index (χ2n) is 6.30. The smallest absolute Gasteiger partial charge is 0.277 e. The van der Waals surface area contributed by atoms with E-state index in [4.69, 9.17) is 0 Å². The number of imide groups is 2. The number of carbonyl (C=O) groups excluding carboxylic acids is 3. The number of amides is 4. The molecule has 3 aliphatic rings. The van der Waals surface area contributed by atoms with Gasteiger partial charge in [-0.1, -0.05) is 19.8 Å². The van der Waals surface area contributed by atoms with E-state index >= 15 is 0 Å². The minimum Gasteiger partial charge on any atom is -0.277 e. The summed E-state index contributed by atoms with van der Waals surface area (Å²) >= 11 is 0. The predicted molar refractivity (Wildman–Crippen MR) is 68.1 cm³/mol. The second kappa shape index (κ2) is 4.32. The summed E-state index contributed by atoms with van der Waals surface area (Å²) in [6, 6.07) is -0.528. The van der Waals surface area contributed by atoms with Crippen LogP contribution in [0.1, 0.15) is 51.9 Å². The number of hydrogen-bond acceptors (Lipinski definition) is 3. The summed E-state index contributed by atoms with van der Waals surface area (Å²) in [5.41, 5.74) is -0.945. The lowest BCUT2D eigenvalue weighted by molar-refractivity contribution is -0.152. The first-order valence-electron chi connectivity index (χ1n) is 7.24. The van der Waals surface area contributed by atoms with Crippen LogP contribution in [0.15, 0.2) is 0 Å². The minimum absolute atomic E-state index is 0.0203. The number of hydrogen-bond donors (Lipinski definition) is 1. The molecule has 0 bridgehead atoms. The molecule has 4 amide bonds. The average molecular weight is 264 g/mol. The molecule has 0 aromatic heterocycles. The summed E-state index contributed by atoms with van der Waals surface area (Å²) in [6.45, 7) is 2.14. The molecule has 2 unspecified atom stereocenters. The average Bonchev–Trinajstić information content (AvgIpc) is 2.97. The van der Waals surface area contributed by atoms with Gasteiger partial charge in [0, 0.05) is 6.04 Å². The van der Waals surface area contributed by atoms with Gasteiger partial charge >= 0.3 is 6.03 Å². The number of rotatable bonds is 1. The fourth-order valence-corrected chi connectivity index (χ4v) is 3.86. The van der Waals surface area contributed by atoms with Crippen LogP contribution in [0.4, 0.5) is 4.79 Å². The van der Waals surface area contributed by atoms with Crippen LogP contribution in [0, 0.1) is 11.3 Å². The van der Waals surface area contributed by atoms with Crippen LogP contribution >= 0.6 is 0 Å². The van der Waals surface area contributed by atoms with E-state index < -0.39 is 11.4 Å². The van der Waals surface area contributed by atoms with E-state index in [0.29, 0.717) is 18.8 Å². The summed E-state index contributed by atoms with van der Waals surface area (Å²) in [5.74, 6) is -0.0668. The van der Waals surface area contributed by atoms with Crippen molar-refractivity contribution in [2.75, 3.05) is 0 Å². The number of nitrogens with zero attached hydrogens (tertiary/aromatic N) is 1. The van der Waals surface area contributed by atoms with E-state index in [1.807, 2.05) is 0 Å². The van der Waals surface area contributed by atoms with Gasteiger partial charge < -0.3 is 0 Å². The predicted octanol–water partition coefficient (Wildman–Crippen LogP) is 1.81. The number of urea groups is 1. The molecule has 19 heavy (non-hydrogen) atoms. The van der Waals surface area contributed by atoms with Gasteiger partial charge in [0.25, 0.3) is 0 Å². The van der Waals surface area contributed by atoms with Gasteiger partial charge in [0.2, 0.25) is 11.8 Å². The SMILES string of the molecule is CC1CCC(N2C(=O)NC(=O)C3(CCCC3)C2=O)C1. The highest BCUT2D eigenvalue weighted by atomic mass is 16.2. The van der Waals surface area contributed by atoms with Crippen molar-refractivity contribution in [2.45, 2.75) is 57.9 Å². The fourth-order valence-electron chi connectivity index (χ4n) is 3.86. The highest BCUT2D eigenvalue weighted by Crippen LogP contribution is 2.43. The second-order valence-corrected chi connectivity index (χ2v) is 6.30. The molecule has 3 fully saturated rings. The topological polar surface area (TPSA) is 66.5 Å². The molecule has 2 aliphatic carbocycles. The van der Waals surface area contributed by atoms with Gasteiger partial charge in [-0.3, -0.25) is 19.8 Å². The quantitative estimate of drug-likeness (QED) is 0.734. The fraction of sp³-hybridized carbons (Fsp3) is 0.786. The first kappa shape index (κ1) is 12.6. The molecular weight excluding hydrogens is 244 g/mol. The van der Waals surface area contributed by atoms with Crippen LogP contribution in [0.5, 0.6) is 0 Å². The number of barbiturate groups is 1. The third-order valence-corrected chi connectivity index (χ3v) is 4.99. The van der Waals surface area contributed by atoms with Crippen molar-refractivity contribution >= 4 is 17.8 Å². The highest BCUT2D eigenvalue weighted by molar-refractivity contribution is 6.19. The van der Waals surface area contributed by atoms with Crippen molar-refractivity contribution in [2.24, 2.45) is 11.3 Å². The van der Waals surface area contributed by atoms with Crippen LogP contribution in [0.25, 0.3) is 0 Å². The summed E-state index contributed by atoms with van der Waals surface area (Å²) in [5, 5.41) is 2.41. The molecule has 1 aliphatic heterocycles. The van der Waals surface area contributed by atoms with Gasteiger partial charge in [0.05, 0.1) is 0 Å². The first-order chi connectivity index (χ1) is 9.04. The molecule has 0 radical (unpaired) electrons. The van der Waals surface area contributed by atoms with Gasteiger partial charge in [0.1, 0.15) is 5.41 Å². The Morgan fingerprint density at radius 2 is 1.84 bits per heavy atom. The Morgan fingerprint density at radius 1 is 1.16 bits per heavy atom. The van der Waals surface area contributed by atoms with Gasteiger partial charge in [-0.25, -0.2) is 4.79 Å². The normalized spacial score (nSPS) is 34.2. The number of nitrogens with one attached hydrogen (secondary N) is 1. The molecule has 1 saturated heterocycles. The summed E-state index contributed by atoms with van der Waals surface area (Å²) in [4.78, 5) is 38.2. The van der Waals surface area contributed by atoms with E-state index in [1.165, 1.54) is 4.90 Å². The van der Waals surface area contributed by atoms with Gasteiger partial charge in [-0.15, -0.1) is 0 Å². The minimum atomic E-state index is -0.945. The highest BCUT2D eigenvalue weighted by Gasteiger charge is 2.56. The maximum absolute atomic E-state index is 12.7. The zero-order valence-corrected chi connectivity index (χ0v) is 11.3. The number of carbonyl (C=O) groups is 3. The van der Waals surface area contributed by atoms with Crippen LogP contribution in [0.3, 0.4) is 0 Å². The summed E-state index contributed by atoms with van der Waals surface area (Å²) in [7, 11) is 0. The van der Waals surface area contributed by atoms with Crippen molar-refractivity contribution < 1.29 is 14.4 Å². The molecule has 2 atom stereocenters. The lowest BCUT2D eigenvalue weighted by Gasteiger charge is -2.39. The Balaban J connectivity index is 1.89. The molecule has 0 aromatic carbocycles. The zero-order chi connectivity index (χ0) is 13.6. The Bertz CT molecular complexity index is 440. The third-order valence-electron chi connectivity index (χ3n) is 4.99. The first-order valence-corrected chi connectivity index (χ1v) is 7.24. The summed E-state index contributed by atoms with van der Waals surface area (Å²) in [6.07, 6.45) is 5.73. The van der Waals surface area contributed by atoms with Gasteiger partial charge in [-0.05, 0) is 38.0 Å². The van der Waals surface area contributed by atoms with Crippen LogP contribution in [-0.2, 0) is 9.59 Å². The lowest BCUT2D eigenvalue weighted by Crippen LogP contribution is -2.65. The molecular formula is C14H20N2O3. The molecule has 3 rings (SSSR count). The van der Waals surface area contributed by atoms with Crippen LogP contribution in [0.2, 0.25) is 0 Å². The third kappa shape index (κ3) is 1.78. The Labute approximate surface area is 112 Å². The van der Waals surface area contributed by atoms with Crippen molar-refractivity contribution in [1.82, 2.24) is 10.2 Å². The van der Waals surface area contributed by atoms with E-state index in [9.17, 15) is 14.4 Å². The van der Waals surface area contributed by atoms with Crippen LogP contribution in [-0.4, -0.2) is 28.8 Å². The molecule has 1 heterocycles. The molecule has 1 spiro atoms.